The lowest BCUT2D eigenvalue weighted by atomic mass is 10.1. The topological polar surface area (TPSA) is 58.4 Å². The third-order valence-electron chi connectivity index (χ3n) is 3.85. The molecule has 0 bridgehead atoms. The summed E-state index contributed by atoms with van der Waals surface area (Å²) in [5, 5.41) is 2.92. The average molecular weight is 384 g/mol. The van der Waals surface area contributed by atoms with Crippen LogP contribution in [0.2, 0.25) is 0 Å². The molecule has 0 aliphatic rings. The zero-order valence-electron chi connectivity index (χ0n) is 14.4. The first-order chi connectivity index (χ1) is 11.2. The molecule has 2 rings (SSSR count). The Morgan fingerprint density at radius 3 is 2.16 bits per heavy atom. The van der Waals surface area contributed by atoms with Gasteiger partial charge in [0.1, 0.15) is 6.04 Å². The van der Waals surface area contributed by atoms with Gasteiger partial charge in [0.05, 0.1) is 0 Å². The Balaban J connectivity index is 0.00000288. The van der Waals surface area contributed by atoms with Crippen LogP contribution in [-0.4, -0.2) is 25.5 Å². The molecule has 0 fully saturated rings. The predicted molar refractivity (Wildman–Crippen MR) is 110 cm³/mol. The van der Waals surface area contributed by atoms with Crippen LogP contribution in [0.1, 0.15) is 24.9 Å². The lowest BCUT2D eigenvalue weighted by molar-refractivity contribution is -0.122. The molecule has 2 aromatic rings. The van der Waals surface area contributed by atoms with E-state index in [2.05, 4.69) is 29.3 Å². The summed E-state index contributed by atoms with van der Waals surface area (Å²) in [5.41, 5.74) is 8.02. The van der Waals surface area contributed by atoms with Gasteiger partial charge in [-0.15, -0.1) is 24.8 Å². The van der Waals surface area contributed by atoms with E-state index in [1.807, 2.05) is 48.5 Å². The highest BCUT2D eigenvalue weighted by Crippen LogP contribution is 2.13. The van der Waals surface area contributed by atoms with Crippen LogP contribution in [0.15, 0.2) is 60.7 Å². The number of nitrogens with one attached hydrogen (secondary N) is 1. The number of hydrogen-bond donors (Lipinski definition) is 2. The number of nitrogens with zero attached hydrogens (tertiary/aromatic N) is 1. The van der Waals surface area contributed by atoms with Gasteiger partial charge in [0.2, 0.25) is 5.91 Å². The first kappa shape index (κ1) is 23.2. The van der Waals surface area contributed by atoms with E-state index in [-0.39, 0.29) is 30.7 Å². The van der Waals surface area contributed by atoms with Crippen molar-refractivity contribution in [2.75, 3.05) is 24.5 Å². The predicted octanol–water partition coefficient (Wildman–Crippen LogP) is 3.56. The molecule has 0 aliphatic carbocycles. The molecule has 0 aliphatic heterocycles. The maximum Gasteiger partial charge on any atom is 0.241 e. The van der Waals surface area contributed by atoms with Gasteiger partial charge in [0.15, 0.2) is 0 Å². The molecule has 1 unspecified atom stereocenters. The number of amides is 1. The Bertz CT molecular complexity index is 596. The third-order valence-corrected chi connectivity index (χ3v) is 3.85. The number of hydrogen-bond acceptors (Lipinski definition) is 3. The summed E-state index contributed by atoms with van der Waals surface area (Å²) in [6, 6.07) is 19.1. The Labute approximate surface area is 162 Å². The molecule has 6 heteroatoms. The zero-order chi connectivity index (χ0) is 16.5. The Kier molecular flexibility index (Phi) is 11.7. The third kappa shape index (κ3) is 7.34. The van der Waals surface area contributed by atoms with Crippen LogP contribution in [0.4, 0.5) is 5.69 Å². The quantitative estimate of drug-likeness (QED) is 0.685. The number of anilines is 1. The van der Waals surface area contributed by atoms with Gasteiger partial charge in [-0.1, -0.05) is 48.5 Å². The summed E-state index contributed by atoms with van der Waals surface area (Å²) in [4.78, 5) is 14.4. The van der Waals surface area contributed by atoms with Crippen molar-refractivity contribution in [2.24, 2.45) is 5.73 Å². The molecule has 138 valence electrons. The summed E-state index contributed by atoms with van der Waals surface area (Å²) < 4.78 is 0. The Hall–Kier alpha value is -1.75. The number of rotatable bonds is 8. The molecule has 0 aromatic heterocycles. The number of nitrogens with two attached hydrogens (primary N) is 1. The molecule has 0 heterocycles. The van der Waals surface area contributed by atoms with Crippen molar-refractivity contribution in [3.63, 3.8) is 0 Å². The smallest absolute Gasteiger partial charge is 0.241 e. The minimum absolute atomic E-state index is 0. The summed E-state index contributed by atoms with van der Waals surface area (Å²) in [5.74, 6) is -0.126. The van der Waals surface area contributed by atoms with Gasteiger partial charge in [-0.05, 0) is 31.0 Å². The van der Waals surface area contributed by atoms with E-state index < -0.39 is 6.04 Å². The summed E-state index contributed by atoms with van der Waals surface area (Å²) >= 11 is 0. The van der Waals surface area contributed by atoms with Gasteiger partial charge in [0.25, 0.3) is 0 Å². The monoisotopic (exact) mass is 383 g/mol. The Morgan fingerprint density at radius 1 is 1.04 bits per heavy atom. The van der Waals surface area contributed by atoms with Crippen LogP contribution < -0.4 is 16.0 Å². The molecule has 0 saturated carbocycles. The first-order valence-electron chi connectivity index (χ1n) is 8.10. The van der Waals surface area contributed by atoms with E-state index in [4.69, 9.17) is 5.73 Å². The minimum atomic E-state index is -0.604. The number of carbonyl (C=O) groups is 1. The van der Waals surface area contributed by atoms with Crippen molar-refractivity contribution < 1.29 is 4.79 Å². The molecule has 1 amide bonds. The van der Waals surface area contributed by atoms with Crippen LogP contribution in [0, 0.1) is 0 Å². The van der Waals surface area contributed by atoms with Crippen LogP contribution in [0.25, 0.3) is 0 Å². The van der Waals surface area contributed by atoms with Crippen molar-refractivity contribution >= 4 is 36.4 Å². The van der Waals surface area contributed by atoms with Gasteiger partial charge < -0.3 is 16.0 Å². The molecule has 1 atom stereocenters. The molecule has 0 saturated heterocycles. The van der Waals surface area contributed by atoms with Gasteiger partial charge in [-0.3, -0.25) is 4.79 Å². The lowest BCUT2D eigenvalue weighted by Crippen LogP contribution is -2.36. The molecule has 25 heavy (non-hydrogen) atoms. The highest BCUT2D eigenvalue weighted by atomic mass is 35.5. The van der Waals surface area contributed by atoms with Crippen molar-refractivity contribution in [3.05, 3.63) is 66.2 Å². The maximum absolute atomic E-state index is 12.1. The first-order valence-corrected chi connectivity index (χ1v) is 8.10. The fourth-order valence-corrected chi connectivity index (χ4v) is 2.51. The summed E-state index contributed by atoms with van der Waals surface area (Å²) in [6.07, 6.45) is 0.885. The average Bonchev–Trinajstić information content (AvgIpc) is 2.62. The fourth-order valence-electron chi connectivity index (χ4n) is 2.51. The van der Waals surface area contributed by atoms with Crippen molar-refractivity contribution in [3.8, 4) is 0 Å². The Morgan fingerprint density at radius 2 is 1.60 bits per heavy atom. The van der Waals surface area contributed by atoms with Crippen LogP contribution >= 0.6 is 24.8 Å². The molecular weight excluding hydrogens is 357 g/mol. The number of halogens is 2. The fraction of sp³-hybridized carbons (Fsp3) is 0.316. The van der Waals surface area contributed by atoms with Crippen LogP contribution in [-0.2, 0) is 4.79 Å². The second-order valence-corrected chi connectivity index (χ2v) is 5.45. The van der Waals surface area contributed by atoms with Gasteiger partial charge in [-0.2, -0.15) is 0 Å². The standard InChI is InChI=1S/C19H25N3O.2ClH/c1-2-22(17-12-7-4-8-13-17)15-9-14-21-19(23)18(20)16-10-5-3-6-11-16;;/h3-8,10-13,18H,2,9,14-15,20H2,1H3,(H,21,23);2*1H. The highest BCUT2D eigenvalue weighted by molar-refractivity contribution is 5.85. The highest BCUT2D eigenvalue weighted by Gasteiger charge is 2.14. The summed E-state index contributed by atoms with van der Waals surface area (Å²) in [7, 11) is 0. The van der Waals surface area contributed by atoms with Crippen molar-refractivity contribution in [2.45, 2.75) is 19.4 Å². The number of benzene rings is 2. The van der Waals surface area contributed by atoms with Crippen LogP contribution in [0.3, 0.4) is 0 Å². The largest absolute Gasteiger partial charge is 0.372 e. The SMILES string of the molecule is CCN(CCCNC(=O)C(N)c1ccccc1)c1ccccc1.Cl.Cl. The van der Waals surface area contributed by atoms with E-state index in [0.29, 0.717) is 6.54 Å². The lowest BCUT2D eigenvalue weighted by Gasteiger charge is -2.23. The maximum atomic E-state index is 12.1. The van der Waals surface area contributed by atoms with Crippen molar-refractivity contribution in [1.29, 1.82) is 0 Å². The summed E-state index contributed by atoms with van der Waals surface area (Å²) in [6.45, 7) is 4.61. The van der Waals surface area contributed by atoms with Crippen molar-refractivity contribution in [1.82, 2.24) is 5.32 Å². The normalized spacial score (nSPS) is 10.8. The minimum Gasteiger partial charge on any atom is -0.372 e. The molecule has 0 spiro atoms. The van der Waals surface area contributed by atoms with Gasteiger partial charge >= 0.3 is 0 Å². The number of carbonyl (C=O) groups excluding carboxylic acids is 1. The molecule has 4 nitrogen and oxygen atoms in total. The zero-order valence-corrected chi connectivity index (χ0v) is 16.1. The van der Waals surface area contributed by atoms with E-state index in [0.717, 1.165) is 25.1 Å². The van der Waals surface area contributed by atoms with Crippen LogP contribution in [0.5, 0.6) is 0 Å². The molecular formula is C19H27Cl2N3O. The van der Waals surface area contributed by atoms with E-state index in [9.17, 15) is 4.79 Å². The second kappa shape index (κ2) is 12.6. The van der Waals surface area contributed by atoms with Gasteiger partial charge in [-0.25, -0.2) is 0 Å². The molecule has 3 N–H and O–H groups in total. The molecule has 2 aromatic carbocycles. The van der Waals surface area contributed by atoms with E-state index in [1.165, 1.54) is 5.69 Å². The number of para-hydroxylation sites is 1. The van der Waals surface area contributed by atoms with Gasteiger partial charge in [0, 0.05) is 25.3 Å². The molecule has 0 radical (unpaired) electrons. The second-order valence-electron chi connectivity index (χ2n) is 5.45. The van der Waals surface area contributed by atoms with E-state index >= 15 is 0 Å². The van der Waals surface area contributed by atoms with E-state index in [1.54, 1.807) is 0 Å².